The predicted molar refractivity (Wildman–Crippen MR) is 39.9 cm³/mol. The van der Waals surface area contributed by atoms with Crippen molar-refractivity contribution in [2.24, 2.45) is 0 Å². The molecule has 0 amide bonds. The van der Waals surface area contributed by atoms with Crippen LogP contribution in [0, 0.1) is 0 Å². The first-order valence-electron chi connectivity index (χ1n) is 0. The van der Waals surface area contributed by atoms with E-state index >= 15 is 0 Å². The van der Waals surface area contributed by atoms with E-state index in [-0.39, 0.29) is 92.3 Å². The molecule has 0 aromatic carbocycles. The minimum absolute atomic E-state index is 0. The van der Waals surface area contributed by atoms with E-state index in [1.54, 1.807) is 0 Å². The molecular formula is H18NaO9S-. The van der Waals surface area contributed by atoms with E-state index in [1.165, 1.54) is 0 Å². The molecule has 11 heteroatoms. The van der Waals surface area contributed by atoms with E-state index in [0.29, 0.717) is 0 Å². The number of hydrogen-bond donors (Lipinski definition) is 0. The third-order valence-electron chi connectivity index (χ3n) is 0. The molecule has 80 valence electrons. The second-order valence-electron chi connectivity index (χ2n) is 0. The van der Waals surface area contributed by atoms with Gasteiger partial charge in [0.15, 0.2) is 0 Å². The van der Waals surface area contributed by atoms with Crippen LogP contribution in [-0.4, -0.2) is 49.3 Å². The Kier molecular flexibility index (Phi) is 150000. The molecule has 0 fully saturated rings. The van der Waals surface area contributed by atoms with Crippen molar-refractivity contribution in [3.05, 3.63) is 0 Å². The van der Waals surface area contributed by atoms with Gasteiger partial charge in [-0.3, -0.25) is 0 Å². The molecule has 9 nitrogen and oxygen atoms in total. The summed E-state index contributed by atoms with van der Waals surface area (Å²) in [6, 6.07) is 0. The zero-order valence-electron chi connectivity index (χ0n) is 5.91. The summed E-state index contributed by atoms with van der Waals surface area (Å²) in [5.74, 6) is 0. The smallest absolute Gasteiger partial charge is 1.00 e. The van der Waals surface area contributed by atoms with Crippen molar-refractivity contribution in [2.75, 3.05) is 0 Å². The zero-order valence-corrected chi connectivity index (χ0v) is 8.72. The van der Waals surface area contributed by atoms with Gasteiger partial charge in [0.25, 0.3) is 0 Å². The van der Waals surface area contributed by atoms with Crippen molar-refractivity contribution in [3.63, 3.8) is 0 Å². The van der Waals surface area contributed by atoms with Crippen molar-refractivity contribution >= 4 is 13.5 Å². The van der Waals surface area contributed by atoms with Gasteiger partial charge in [0.05, 0.1) is 0 Å². The average molecular weight is 217 g/mol. The molecule has 0 spiro atoms. The summed E-state index contributed by atoms with van der Waals surface area (Å²) in [5, 5.41) is 0. The molecule has 0 aliphatic rings. The maximum absolute atomic E-state index is 0. The number of rotatable bonds is 0. The van der Waals surface area contributed by atoms with E-state index in [2.05, 4.69) is 0 Å². The SMILES string of the molecule is O.O.O.O.O.O.O.O.O.[Na+].[S-2]. The summed E-state index contributed by atoms with van der Waals surface area (Å²) in [7, 11) is 0. The van der Waals surface area contributed by atoms with Crippen LogP contribution in [0.3, 0.4) is 0 Å². The van der Waals surface area contributed by atoms with Gasteiger partial charge in [0.2, 0.25) is 0 Å². The van der Waals surface area contributed by atoms with Gasteiger partial charge in [-0.15, -0.1) is 0 Å². The summed E-state index contributed by atoms with van der Waals surface area (Å²) in [4.78, 5) is 0. The fourth-order valence-corrected chi connectivity index (χ4v) is 0. The molecule has 0 bridgehead atoms. The van der Waals surface area contributed by atoms with Gasteiger partial charge < -0.3 is 62.8 Å². The Labute approximate surface area is 92.3 Å². The van der Waals surface area contributed by atoms with Gasteiger partial charge in [0, 0.05) is 0 Å². The van der Waals surface area contributed by atoms with E-state index in [1.807, 2.05) is 0 Å². The molecule has 0 aromatic heterocycles. The topological polar surface area (TPSA) is 284 Å². The summed E-state index contributed by atoms with van der Waals surface area (Å²) in [6.07, 6.45) is 0. The van der Waals surface area contributed by atoms with Crippen LogP contribution in [0.4, 0.5) is 0 Å². The van der Waals surface area contributed by atoms with Crippen LogP contribution >= 0.6 is 0 Å². The third-order valence-corrected chi connectivity index (χ3v) is 0. The van der Waals surface area contributed by atoms with E-state index in [0.717, 1.165) is 0 Å². The minimum atomic E-state index is 0. The summed E-state index contributed by atoms with van der Waals surface area (Å²) >= 11 is 0. The van der Waals surface area contributed by atoms with Crippen LogP contribution in [-0.2, 0) is 13.5 Å². The second kappa shape index (κ2) is 1120. The molecule has 0 unspecified atom stereocenters. The van der Waals surface area contributed by atoms with Crippen LogP contribution in [0.5, 0.6) is 0 Å². The first-order valence-corrected chi connectivity index (χ1v) is 0. The Balaban J connectivity index is 0. The molecule has 0 radical (unpaired) electrons. The molecule has 0 saturated carbocycles. The van der Waals surface area contributed by atoms with Crippen LogP contribution in [0.2, 0.25) is 0 Å². The van der Waals surface area contributed by atoms with Gasteiger partial charge in [0.1, 0.15) is 0 Å². The Bertz CT molecular complexity index is 9.52. The van der Waals surface area contributed by atoms with Crippen LogP contribution in [0.1, 0.15) is 0 Å². The molecule has 0 aliphatic heterocycles. The van der Waals surface area contributed by atoms with Crippen molar-refractivity contribution in [1.29, 1.82) is 0 Å². The monoisotopic (exact) mass is 217 g/mol. The van der Waals surface area contributed by atoms with E-state index < -0.39 is 0 Å². The van der Waals surface area contributed by atoms with Gasteiger partial charge in [-0.2, -0.15) is 0 Å². The largest absolute Gasteiger partial charge is 2.00 e. The van der Waals surface area contributed by atoms with Crippen molar-refractivity contribution in [3.8, 4) is 0 Å². The number of hydrogen-bond acceptors (Lipinski definition) is 0. The zero-order chi connectivity index (χ0) is 0. The van der Waals surface area contributed by atoms with Crippen LogP contribution in [0.15, 0.2) is 0 Å². The van der Waals surface area contributed by atoms with Gasteiger partial charge in [-0.05, 0) is 0 Å². The van der Waals surface area contributed by atoms with Gasteiger partial charge in [-0.25, -0.2) is 0 Å². The molecule has 0 rings (SSSR count). The minimum Gasteiger partial charge on any atom is -2.00 e. The summed E-state index contributed by atoms with van der Waals surface area (Å²) in [5.41, 5.74) is 0. The quantitative estimate of drug-likeness (QED) is 0.341. The average Bonchev–Trinajstić information content (AvgIpc) is 0. The van der Waals surface area contributed by atoms with Gasteiger partial charge >= 0.3 is 29.6 Å². The van der Waals surface area contributed by atoms with Crippen LogP contribution < -0.4 is 29.6 Å². The Morgan fingerprint density at radius 2 is 0.273 bits per heavy atom. The third kappa shape index (κ3) is 906. The molecule has 0 saturated heterocycles. The van der Waals surface area contributed by atoms with Crippen molar-refractivity contribution in [1.82, 2.24) is 0 Å². The maximum atomic E-state index is 0. The first kappa shape index (κ1) is 1480. The fourth-order valence-electron chi connectivity index (χ4n) is 0. The second-order valence-corrected chi connectivity index (χ2v) is 0. The fraction of sp³-hybridized carbons (Fsp3) is 0. The molecule has 18 N–H and O–H groups in total. The standard InChI is InChI=1S/Na.9H2O.S/h;9*1H2;/q+1;;;;;;;;;;-2. The summed E-state index contributed by atoms with van der Waals surface area (Å²) in [6.45, 7) is 0. The maximum Gasteiger partial charge on any atom is 1.00 e. The van der Waals surface area contributed by atoms with Gasteiger partial charge in [-0.1, -0.05) is 0 Å². The molecule has 0 heterocycles. The van der Waals surface area contributed by atoms with E-state index in [9.17, 15) is 0 Å². The molecular weight excluding hydrogens is 199 g/mol. The van der Waals surface area contributed by atoms with Crippen LogP contribution in [0.25, 0.3) is 0 Å². The molecule has 0 atom stereocenters. The summed E-state index contributed by atoms with van der Waals surface area (Å²) < 4.78 is 0. The molecule has 0 aromatic rings. The first-order chi connectivity index (χ1) is 0. The predicted octanol–water partition coefficient (Wildman–Crippen LogP) is -10.4. The normalized spacial score (nSPS) is 0. The van der Waals surface area contributed by atoms with Crippen molar-refractivity contribution < 1.29 is 78.8 Å². The Morgan fingerprint density at radius 1 is 0.273 bits per heavy atom. The van der Waals surface area contributed by atoms with E-state index in [4.69, 9.17) is 0 Å². The molecule has 0 aliphatic carbocycles. The Hall–Kier alpha value is 0.990. The molecule has 11 heavy (non-hydrogen) atoms. The van der Waals surface area contributed by atoms with Crippen molar-refractivity contribution in [2.45, 2.75) is 0 Å². The Morgan fingerprint density at radius 3 is 0.273 bits per heavy atom.